The Balaban J connectivity index is 1.66. The number of benzene rings is 3. The number of aryl methyl sites for hydroxylation is 1. The monoisotopic (exact) mass is 523 g/mol. The van der Waals surface area contributed by atoms with Gasteiger partial charge in [-0.15, -0.1) is 0 Å². The Morgan fingerprint density at radius 3 is 2.36 bits per heavy atom. The van der Waals surface area contributed by atoms with Gasteiger partial charge in [0.2, 0.25) is 0 Å². The standard InChI is InChI=1S/C27H29N3O4S2/c1-4-18-29-24-17-14-22(34-6-3)19-25(24)35-27(29)28-26(31)20-12-15-23(16-13-20)36(32,33)30(5-2)21-10-8-7-9-11-21/h7-17,19H,4-6,18H2,1-3H3. The number of ether oxygens (including phenoxy) is 1. The number of carbonyl (C=O) groups is 1. The lowest BCUT2D eigenvalue weighted by Crippen LogP contribution is -2.30. The quantitative estimate of drug-likeness (QED) is 0.291. The van der Waals surface area contributed by atoms with Gasteiger partial charge >= 0.3 is 0 Å². The van der Waals surface area contributed by atoms with E-state index in [1.54, 1.807) is 31.2 Å². The number of rotatable bonds is 9. The lowest BCUT2D eigenvalue weighted by atomic mass is 10.2. The Morgan fingerprint density at radius 1 is 1.00 bits per heavy atom. The number of carbonyl (C=O) groups excluding carboxylic acids is 1. The molecule has 0 unspecified atom stereocenters. The summed E-state index contributed by atoms with van der Waals surface area (Å²) in [6.07, 6.45) is 0.891. The minimum atomic E-state index is -3.77. The van der Waals surface area contributed by atoms with E-state index in [4.69, 9.17) is 4.74 Å². The molecule has 0 aliphatic heterocycles. The Labute approximate surface area is 215 Å². The summed E-state index contributed by atoms with van der Waals surface area (Å²) in [5.41, 5.74) is 1.92. The van der Waals surface area contributed by atoms with Crippen molar-refractivity contribution in [2.45, 2.75) is 38.6 Å². The maximum atomic E-state index is 13.2. The van der Waals surface area contributed by atoms with Crippen LogP contribution in [0.3, 0.4) is 0 Å². The van der Waals surface area contributed by atoms with E-state index in [0.29, 0.717) is 22.7 Å². The molecule has 9 heteroatoms. The number of aromatic nitrogens is 1. The molecule has 0 spiro atoms. The summed E-state index contributed by atoms with van der Waals surface area (Å²) in [7, 11) is -3.77. The Morgan fingerprint density at radius 2 is 1.72 bits per heavy atom. The Bertz CT molecular complexity index is 1520. The minimum Gasteiger partial charge on any atom is -0.494 e. The maximum Gasteiger partial charge on any atom is 0.279 e. The minimum absolute atomic E-state index is 0.121. The van der Waals surface area contributed by atoms with E-state index in [9.17, 15) is 13.2 Å². The summed E-state index contributed by atoms with van der Waals surface area (Å²) < 4.78 is 36.4. The van der Waals surface area contributed by atoms with Crippen molar-refractivity contribution in [1.82, 2.24) is 4.57 Å². The van der Waals surface area contributed by atoms with Crippen LogP contribution < -0.4 is 13.8 Å². The number of fused-ring (bicyclic) bond motifs is 1. The maximum absolute atomic E-state index is 13.2. The highest BCUT2D eigenvalue weighted by Gasteiger charge is 2.23. The number of nitrogens with zero attached hydrogens (tertiary/aromatic N) is 3. The fourth-order valence-corrected chi connectivity index (χ4v) is 6.53. The predicted octanol–water partition coefficient (Wildman–Crippen LogP) is 5.47. The summed E-state index contributed by atoms with van der Waals surface area (Å²) >= 11 is 1.43. The lowest BCUT2D eigenvalue weighted by molar-refractivity contribution is 0.0997. The van der Waals surface area contributed by atoms with Crippen molar-refractivity contribution in [3.63, 3.8) is 0 Å². The van der Waals surface area contributed by atoms with E-state index in [1.807, 2.05) is 35.8 Å². The number of thiazole rings is 1. The Hall–Kier alpha value is -3.43. The van der Waals surface area contributed by atoms with Gasteiger partial charge < -0.3 is 9.30 Å². The van der Waals surface area contributed by atoms with Crippen molar-refractivity contribution in [3.8, 4) is 5.75 Å². The molecular formula is C27H29N3O4S2. The van der Waals surface area contributed by atoms with Gasteiger partial charge in [-0.1, -0.05) is 36.5 Å². The fraction of sp³-hybridized carbons (Fsp3) is 0.259. The molecule has 3 aromatic carbocycles. The van der Waals surface area contributed by atoms with Crippen LogP contribution in [0, 0.1) is 0 Å². The second kappa shape index (κ2) is 11.1. The van der Waals surface area contributed by atoms with Gasteiger partial charge in [0.1, 0.15) is 5.75 Å². The summed E-state index contributed by atoms with van der Waals surface area (Å²) in [4.78, 5) is 18.1. The van der Waals surface area contributed by atoms with E-state index >= 15 is 0 Å². The predicted molar refractivity (Wildman–Crippen MR) is 144 cm³/mol. The third-order valence-electron chi connectivity index (χ3n) is 5.63. The molecular weight excluding hydrogens is 494 g/mol. The number of hydrogen-bond acceptors (Lipinski definition) is 5. The second-order valence-corrected chi connectivity index (χ2v) is 10.9. The van der Waals surface area contributed by atoms with Crippen molar-refractivity contribution in [3.05, 3.63) is 83.2 Å². The third-order valence-corrected chi connectivity index (χ3v) is 8.59. The van der Waals surface area contributed by atoms with Crippen molar-refractivity contribution < 1.29 is 17.9 Å². The van der Waals surface area contributed by atoms with E-state index in [1.165, 1.54) is 39.9 Å². The normalized spacial score (nSPS) is 12.1. The molecule has 188 valence electrons. The molecule has 4 rings (SSSR count). The fourth-order valence-electron chi connectivity index (χ4n) is 3.97. The third kappa shape index (κ3) is 5.22. The molecule has 36 heavy (non-hydrogen) atoms. The number of hydrogen-bond donors (Lipinski definition) is 0. The second-order valence-electron chi connectivity index (χ2n) is 8.05. The van der Waals surface area contributed by atoms with Gasteiger partial charge in [-0.3, -0.25) is 9.10 Å². The molecule has 0 radical (unpaired) electrons. The first kappa shape index (κ1) is 25.7. The van der Waals surface area contributed by atoms with Crippen LogP contribution in [0.15, 0.2) is 82.7 Å². The summed E-state index contributed by atoms with van der Waals surface area (Å²) in [6.45, 7) is 7.39. The first-order valence-corrected chi connectivity index (χ1v) is 14.2. The van der Waals surface area contributed by atoms with Gasteiger partial charge in [0.05, 0.1) is 27.4 Å². The van der Waals surface area contributed by atoms with Crippen molar-refractivity contribution in [1.29, 1.82) is 0 Å². The van der Waals surface area contributed by atoms with Gasteiger partial charge in [0, 0.05) is 18.7 Å². The number of anilines is 1. The van der Waals surface area contributed by atoms with Crippen LogP contribution in [0.25, 0.3) is 10.2 Å². The SMILES string of the molecule is CCCn1c(=NC(=O)c2ccc(S(=O)(=O)N(CC)c3ccccc3)cc2)sc2cc(OCC)ccc21. The first-order valence-electron chi connectivity index (χ1n) is 11.9. The van der Waals surface area contributed by atoms with E-state index < -0.39 is 15.9 Å². The van der Waals surface area contributed by atoms with Crippen LogP contribution in [0.2, 0.25) is 0 Å². The van der Waals surface area contributed by atoms with Crippen LogP contribution in [-0.2, 0) is 16.6 Å². The summed E-state index contributed by atoms with van der Waals surface area (Å²) in [5, 5.41) is 0. The average Bonchev–Trinajstić information content (AvgIpc) is 3.21. The van der Waals surface area contributed by atoms with E-state index in [2.05, 4.69) is 11.9 Å². The largest absolute Gasteiger partial charge is 0.494 e. The summed E-state index contributed by atoms with van der Waals surface area (Å²) in [6, 6.07) is 20.8. The van der Waals surface area contributed by atoms with Crippen molar-refractivity contribution >= 4 is 43.2 Å². The molecule has 0 N–H and O–H groups in total. The highest BCUT2D eigenvalue weighted by molar-refractivity contribution is 7.92. The molecule has 0 bridgehead atoms. The van der Waals surface area contributed by atoms with Gasteiger partial charge in [-0.2, -0.15) is 4.99 Å². The molecule has 0 fully saturated rings. The lowest BCUT2D eigenvalue weighted by Gasteiger charge is -2.22. The summed E-state index contributed by atoms with van der Waals surface area (Å²) in [5.74, 6) is 0.358. The number of para-hydroxylation sites is 1. The van der Waals surface area contributed by atoms with E-state index in [-0.39, 0.29) is 11.4 Å². The highest BCUT2D eigenvalue weighted by Crippen LogP contribution is 2.25. The zero-order valence-electron chi connectivity index (χ0n) is 20.5. The molecule has 0 aliphatic rings. The van der Waals surface area contributed by atoms with Gasteiger partial charge in [-0.05, 0) is 74.9 Å². The topological polar surface area (TPSA) is 81.0 Å². The molecule has 1 heterocycles. The number of amides is 1. The van der Waals surface area contributed by atoms with Crippen LogP contribution in [0.1, 0.15) is 37.6 Å². The molecule has 1 aromatic heterocycles. The molecule has 0 atom stereocenters. The zero-order valence-corrected chi connectivity index (χ0v) is 22.2. The molecule has 0 saturated carbocycles. The molecule has 7 nitrogen and oxygen atoms in total. The average molecular weight is 524 g/mol. The molecule has 0 saturated heterocycles. The molecule has 0 aliphatic carbocycles. The zero-order chi connectivity index (χ0) is 25.7. The molecule has 1 amide bonds. The van der Waals surface area contributed by atoms with Crippen LogP contribution in [0.5, 0.6) is 5.75 Å². The van der Waals surface area contributed by atoms with Gasteiger partial charge in [0.15, 0.2) is 4.80 Å². The molecule has 4 aromatic rings. The Kier molecular flexibility index (Phi) is 7.91. The van der Waals surface area contributed by atoms with Gasteiger partial charge in [0.25, 0.3) is 15.9 Å². The van der Waals surface area contributed by atoms with Gasteiger partial charge in [-0.25, -0.2) is 8.42 Å². The van der Waals surface area contributed by atoms with Crippen LogP contribution in [-0.4, -0.2) is 32.0 Å². The van der Waals surface area contributed by atoms with Crippen LogP contribution in [0.4, 0.5) is 5.69 Å². The first-order chi connectivity index (χ1) is 17.4. The van der Waals surface area contributed by atoms with Crippen LogP contribution >= 0.6 is 11.3 Å². The van der Waals surface area contributed by atoms with Crippen molar-refractivity contribution in [2.24, 2.45) is 4.99 Å². The van der Waals surface area contributed by atoms with E-state index in [0.717, 1.165) is 28.9 Å². The highest BCUT2D eigenvalue weighted by atomic mass is 32.2. The smallest absolute Gasteiger partial charge is 0.279 e. The van der Waals surface area contributed by atoms with Crippen molar-refractivity contribution in [2.75, 3.05) is 17.5 Å². The number of sulfonamides is 1.